The number of piperidine rings is 1. The Balaban J connectivity index is 1.70. The number of benzene rings is 1. The molecule has 0 aliphatic carbocycles. The first-order valence-electron chi connectivity index (χ1n) is 7.77. The van der Waals surface area contributed by atoms with Crippen LogP contribution in [0.2, 0.25) is 0 Å². The van der Waals surface area contributed by atoms with E-state index in [-0.39, 0.29) is 0 Å². The van der Waals surface area contributed by atoms with E-state index in [1.165, 1.54) is 38.0 Å². The van der Waals surface area contributed by atoms with Crippen LogP contribution in [-0.2, 0) is 6.54 Å². The molecule has 21 heavy (non-hydrogen) atoms. The van der Waals surface area contributed by atoms with Crippen molar-refractivity contribution in [2.75, 3.05) is 40.3 Å². The van der Waals surface area contributed by atoms with Gasteiger partial charge in [0.15, 0.2) is 0 Å². The second-order valence-electron chi connectivity index (χ2n) is 6.11. The zero-order valence-electron chi connectivity index (χ0n) is 13.2. The van der Waals surface area contributed by atoms with Gasteiger partial charge in [-0.2, -0.15) is 5.26 Å². The molecule has 0 atom stereocenters. The van der Waals surface area contributed by atoms with E-state index < -0.39 is 0 Å². The van der Waals surface area contributed by atoms with Crippen molar-refractivity contribution in [3.63, 3.8) is 0 Å². The van der Waals surface area contributed by atoms with E-state index in [1.54, 1.807) is 0 Å². The molecule has 0 amide bonds. The smallest absolute Gasteiger partial charge is 0.0991 e. The Morgan fingerprint density at radius 2 is 2.10 bits per heavy atom. The Kier molecular flexibility index (Phi) is 6.19. The second kappa shape index (κ2) is 8.14. The Bertz CT molecular complexity index is 470. The van der Waals surface area contributed by atoms with Crippen molar-refractivity contribution in [1.29, 1.82) is 5.26 Å². The van der Waals surface area contributed by atoms with Crippen LogP contribution in [0, 0.1) is 11.3 Å². The van der Waals surface area contributed by atoms with Crippen LogP contribution >= 0.6 is 0 Å². The molecule has 2 rings (SSSR count). The van der Waals surface area contributed by atoms with Gasteiger partial charge in [-0.05, 0) is 57.7 Å². The summed E-state index contributed by atoms with van der Waals surface area (Å²) in [7, 11) is 4.26. The van der Waals surface area contributed by atoms with Gasteiger partial charge in [0.1, 0.15) is 0 Å². The molecule has 4 nitrogen and oxygen atoms in total. The number of hydrogen-bond acceptors (Lipinski definition) is 4. The third-order valence-corrected chi connectivity index (χ3v) is 4.10. The van der Waals surface area contributed by atoms with Crippen LogP contribution in [0.5, 0.6) is 0 Å². The number of hydrogen-bond donors (Lipinski definition) is 1. The fraction of sp³-hybridized carbons (Fsp3) is 0.588. The molecule has 1 heterocycles. The molecular formula is C17H26N4. The summed E-state index contributed by atoms with van der Waals surface area (Å²) < 4.78 is 0. The zero-order chi connectivity index (χ0) is 15.1. The molecule has 0 aromatic heterocycles. The number of rotatable bonds is 6. The highest BCUT2D eigenvalue weighted by Gasteiger charge is 2.18. The average Bonchev–Trinajstić information content (AvgIpc) is 2.52. The van der Waals surface area contributed by atoms with Crippen molar-refractivity contribution in [3.8, 4) is 6.07 Å². The van der Waals surface area contributed by atoms with Crippen molar-refractivity contribution in [3.05, 3.63) is 35.4 Å². The highest BCUT2D eigenvalue weighted by atomic mass is 15.2. The Morgan fingerprint density at radius 3 is 2.76 bits per heavy atom. The van der Waals surface area contributed by atoms with Crippen LogP contribution < -0.4 is 5.32 Å². The predicted molar refractivity (Wildman–Crippen MR) is 86.0 cm³/mol. The van der Waals surface area contributed by atoms with Gasteiger partial charge in [-0.25, -0.2) is 0 Å². The maximum absolute atomic E-state index is 8.92. The summed E-state index contributed by atoms with van der Waals surface area (Å²) >= 11 is 0. The maximum atomic E-state index is 8.92. The van der Waals surface area contributed by atoms with Crippen molar-refractivity contribution in [2.24, 2.45) is 0 Å². The van der Waals surface area contributed by atoms with Crippen LogP contribution in [0.15, 0.2) is 24.3 Å². The zero-order valence-corrected chi connectivity index (χ0v) is 13.2. The molecule has 1 aliphatic rings. The summed E-state index contributed by atoms with van der Waals surface area (Å²) in [5, 5.41) is 12.5. The molecule has 0 bridgehead atoms. The molecule has 1 aliphatic heterocycles. The molecule has 1 aromatic rings. The number of nitrogens with zero attached hydrogens (tertiary/aromatic N) is 3. The van der Waals surface area contributed by atoms with Gasteiger partial charge >= 0.3 is 0 Å². The minimum atomic E-state index is 0.603. The van der Waals surface area contributed by atoms with Crippen LogP contribution in [0.4, 0.5) is 0 Å². The van der Waals surface area contributed by atoms with Gasteiger partial charge < -0.3 is 15.1 Å². The van der Waals surface area contributed by atoms with E-state index in [4.69, 9.17) is 5.26 Å². The highest BCUT2D eigenvalue weighted by Crippen LogP contribution is 2.11. The summed E-state index contributed by atoms with van der Waals surface area (Å²) in [6, 6.07) is 10.7. The first kappa shape index (κ1) is 16.0. The lowest BCUT2D eigenvalue weighted by Crippen LogP contribution is -2.44. The lowest BCUT2D eigenvalue weighted by molar-refractivity contribution is 0.182. The minimum Gasteiger partial charge on any atom is -0.310 e. The molecule has 1 saturated heterocycles. The van der Waals surface area contributed by atoms with E-state index in [0.717, 1.165) is 18.7 Å². The van der Waals surface area contributed by atoms with Crippen LogP contribution in [-0.4, -0.2) is 56.1 Å². The molecule has 0 radical (unpaired) electrons. The Hall–Kier alpha value is -1.41. The van der Waals surface area contributed by atoms with Crippen LogP contribution in [0.3, 0.4) is 0 Å². The fourth-order valence-electron chi connectivity index (χ4n) is 2.72. The predicted octanol–water partition coefficient (Wildman–Crippen LogP) is 1.67. The summed E-state index contributed by atoms with van der Waals surface area (Å²) in [6.07, 6.45) is 2.43. The Labute approximate surface area is 128 Å². The standard InChI is InChI=1S/C17H26N4/c1-20(2)10-11-21-8-6-17(7-9-21)19-14-16-5-3-4-15(12-16)13-18/h3-5,12,17,19H,6-11,14H2,1-2H3. The van der Waals surface area contributed by atoms with Gasteiger partial charge in [-0.1, -0.05) is 12.1 Å². The second-order valence-corrected chi connectivity index (χ2v) is 6.11. The molecule has 0 spiro atoms. The third-order valence-electron chi connectivity index (χ3n) is 4.10. The first-order valence-corrected chi connectivity index (χ1v) is 7.77. The van der Waals surface area contributed by atoms with E-state index in [1.807, 2.05) is 18.2 Å². The number of likely N-dealkylation sites (tertiary alicyclic amines) is 1. The molecule has 114 valence electrons. The number of nitrogens with one attached hydrogen (secondary N) is 1. The molecule has 1 aromatic carbocycles. The van der Waals surface area contributed by atoms with E-state index in [2.05, 4.69) is 41.3 Å². The topological polar surface area (TPSA) is 42.3 Å². The van der Waals surface area contributed by atoms with Gasteiger partial charge in [-0.15, -0.1) is 0 Å². The molecule has 4 heteroatoms. The quantitative estimate of drug-likeness (QED) is 0.864. The first-order chi connectivity index (χ1) is 10.2. The van der Waals surface area contributed by atoms with Gasteiger partial charge in [0.25, 0.3) is 0 Å². The molecule has 0 saturated carbocycles. The number of likely N-dealkylation sites (N-methyl/N-ethyl adjacent to an activating group) is 1. The normalized spacial score (nSPS) is 17.0. The third kappa shape index (κ3) is 5.47. The lowest BCUT2D eigenvalue weighted by atomic mass is 10.0. The fourth-order valence-corrected chi connectivity index (χ4v) is 2.72. The van der Waals surface area contributed by atoms with Gasteiger partial charge in [0.2, 0.25) is 0 Å². The summed E-state index contributed by atoms with van der Waals surface area (Å²) in [5.41, 5.74) is 1.94. The largest absolute Gasteiger partial charge is 0.310 e. The molecular weight excluding hydrogens is 260 g/mol. The van der Waals surface area contributed by atoms with Gasteiger partial charge in [-0.3, -0.25) is 0 Å². The summed E-state index contributed by atoms with van der Waals surface area (Å²) in [6.45, 7) is 5.54. The monoisotopic (exact) mass is 286 g/mol. The van der Waals surface area contributed by atoms with E-state index in [9.17, 15) is 0 Å². The lowest BCUT2D eigenvalue weighted by Gasteiger charge is -2.33. The summed E-state index contributed by atoms with van der Waals surface area (Å²) in [4.78, 5) is 4.79. The molecule has 1 fully saturated rings. The van der Waals surface area contributed by atoms with E-state index in [0.29, 0.717) is 6.04 Å². The molecule has 1 N–H and O–H groups in total. The highest BCUT2D eigenvalue weighted by molar-refractivity contribution is 5.32. The van der Waals surface area contributed by atoms with Crippen molar-refractivity contribution in [2.45, 2.75) is 25.4 Å². The van der Waals surface area contributed by atoms with E-state index >= 15 is 0 Å². The van der Waals surface area contributed by atoms with Crippen LogP contribution in [0.1, 0.15) is 24.0 Å². The maximum Gasteiger partial charge on any atom is 0.0991 e. The van der Waals surface area contributed by atoms with Crippen molar-refractivity contribution < 1.29 is 0 Å². The van der Waals surface area contributed by atoms with Gasteiger partial charge in [0, 0.05) is 25.7 Å². The molecule has 0 unspecified atom stereocenters. The van der Waals surface area contributed by atoms with Gasteiger partial charge in [0.05, 0.1) is 11.6 Å². The summed E-state index contributed by atoms with van der Waals surface area (Å²) in [5.74, 6) is 0. The SMILES string of the molecule is CN(C)CCN1CCC(NCc2cccc(C#N)c2)CC1. The van der Waals surface area contributed by atoms with Crippen molar-refractivity contribution >= 4 is 0 Å². The minimum absolute atomic E-state index is 0.603. The van der Waals surface area contributed by atoms with Crippen LogP contribution in [0.25, 0.3) is 0 Å². The average molecular weight is 286 g/mol. The Morgan fingerprint density at radius 1 is 1.33 bits per heavy atom. The number of nitriles is 1. The van der Waals surface area contributed by atoms with Crippen molar-refractivity contribution in [1.82, 2.24) is 15.1 Å².